The summed E-state index contributed by atoms with van der Waals surface area (Å²) < 4.78 is 7.20. The summed E-state index contributed by atoms with van der Waals surface area (Å²) in [5.74, 6) is 0.00753. The molecule has 1 aliphatic rings. The van der Waals surface area contributed by atoms with Gasteiger partial charge in [0.05, 0.1) is 23.5 Å². The Morgan fingerprint density at radius 1 is 1.48 bits per heavy atom. The summed E-state index contributed by atoms with van der Waals surface area (Å²) in [4.78, 5) is 27.1. The molecule has 8 heteroatoms. The number of hydrogen-bond acceptors (Lipinski definition) is 5. The van der Waals surface area contributed by atoms with Crippen LogP contribution in [0.3, 0.4) is 0 Å². The van der Waals surface area contributed by atoms with E-state index in [2.05, 4.69) is 10.3 Å². The fraction of sp³-hybridized carbons (Fsp3) is 0.412. The first kappa shape index (κ1) is 17.1. The van der Waals surface area contributed by atoms with Gasteiger partial charge < -0.3 is 14.6 Å². The third-order valence-corrected chi connectivity index (χ3v) is 4.49. The van der Waals surface area contributed by atoms with Gasteiger partial charge in [0.15, 0.2) is 0 Å². The highest BCUT2D eigenvalue weighted by Crippen LogP contribution is 2.26. The number of imidazole rings is 1. The van der Waals surface area contributed by atoms with Crippen molar-refractivity contribution >= 4 is 11.6 Å². The van der Waals surface area contributed by atoms with Crippen molar-refractivity contribution in [2.75, 3.05) is 6.54 Å². The Morgan fingerprint density at radius 2 is 2.28 bits per heavy atom. The van der Waals surface area contributed by atoms with Crippen molar-refractivity contribution in [3.05, 3.63) is 52.6 Å². The van der Waals surface area contributed by atoms with E-state index in [0.29, 0.717) is 17.8 Å². The summed E-state index contributed by atoms with van der Waals surface area (Å²) in [6, 6.07) is 4.31. The SMILES string of the molecule is CC1CC(CNC(=O)c2ccc([N+](=O)[O-])c(-n3ccnc3)c2)C(C)O1. The highest BCUT2D eigenvalue weighted by molar-refractivity contribution is 5.95. The van der Waals surface area contributed by atoms with Gasteiger partial charge in [0.25, 0.3) is 11.6 Å². The first-order chi connectivity index (χ1) is 12.0. The zero-order chi connectivity index (χ0) is 18.0. The second-order valence-electron chi connectivity index (χ2n) is 6.29. The molecule has 3 atom stereocenters. The average Bonchev–Trinajstić information content (AvgIpc) is 3.21. The molecular formula is C17H20N4O4. The molecule has 0 radical (unpaired) electrons. The molecule has 25 heavy (non-hydrogen) atoms. The Balaban J connectivity index is 1.77. The quantitative estimate of drug-likeness (QED) is 0.663. The van der Waals surface area contributed by atoms with Gasteiger partial charge in [-0.1, -0.05) is 0 Å². The summed E-state index contributed by atoms with van der Waals surface area (Å²) >= 11 is 0. The van der Waals surface area contributed by atoms with Gasteiger partial charge in [-0.2, -0.15) is 0 Å². The van der Waals surface area contributed by atoms with Gasteiger partial charge in [-0.05, 0) is 32.4 Å². The lowest BCUT2D eigenvalue weighted by Crippen LogP contribution is -2.32. The van der Waals surface area contributed by atoms with Gasteiger partial charge >= 0.3 is 0 Å². The van der Waals surface area contributed by atoms with Gasteiger partial charge in [0, 0.05) is 36.5 Å². The third-order valence-electron chi connectivity index (χ3n) is 4.49. The van der Waals surface area contributed by atoms with Crippen LogP contribution in [0.25, 0.3) is 5.69 Å². The number of rotatable bonds is 5. The van der Waals surface area contributed by atoms with Crippen LogP contribution in [0.1, 0.15) is 30.6 Å². The fourth-order valence-electron chi connectivity index (χ4n) is 3.15. The molecule has 1 fully saturated rings. The molecule has 2 heterocycles. The van der Waals surface area contributed by atoms with Crippen molar-refractivity contribution in [1.82, 2.24) is 14.9 Å². The number of carbonyl (C=O) groups is 1. The molecule has 1 aromatic carbocycles. The molecule has 2 aromatic rings. The van der Waals surface area contributed by atoms with E-state index in [9.17, 15) is 14.9 Å². The van der Waals surface area contributed by atoms with Gasteiger partial charge in [-0.3, -0.25) is 14.9 Å². The monoisotopic (exact) mass is 344 g/mol. The standard InChI is InChI=1S/C17H20N4O4/c1-11-7-14(12(2)25-11)9-19-17(22)13-3-4-15(21(23)24)16(8-13)20-6-5-18-10-20/h3-6,8,10-12,14H,7,9H2,1-2H3,(H,19,22). The lowest BCUT2D eigenvalue weighted by Gasteiger charge is -2.15. The number of nitro groups is 1. The number of nitrogens with zero attached hydrogens (tertiary/aromatic N) is 3. The minimum Gasteiger partial charge on any atom is -0.375 e. The minimum atomic E-state index is -0.476. The van der Waals surface area contributed by atoms with Crippen LogP contribution in [0.15, 0.2) is 36.9 Å². The Hall–Kier alpha value is -2.74. The number of hydrogen-bond donors (Lipinski definition) is 1. The molecule has 3 unspecified atom stereocenters. The van der Waals surface area contributed by atoms with Crippen LogP contribution in [-0.2, 0) is 4.74 Å². The highest BCUT2D eigenvalue weighted by atomic mass is 16.6. The van der Waals surface area contributed by atoms with Crippen LogP contribution >= 0.6 is 0 Å². The minimum absolute atomic E-state index is 0.0822. The van der Waals surface area contributed by atoms with Gasteiger partial charge in [-0.25, -0.2) is 4.98 Å². The summed E-state index contributed by atoms with van der Waals surface area (Å²) in [6.07, 6.45) is 5.80. The number of aromatic nitrogens is 2. The number of nitro benzene ring substituents is 1. The zero-order valence-corrected chi connectivity index (χ0v) is 14.1. The first-order valence-corrected chi connectivity index (χ1v) is 8.16. The maximum absolute atomic E-state index is 12.4. The van der Waals surface area contributed by atoms with Crippen LogP contribution in [-0.4, -0.2) is 39.1 Å². The molecule has 1 N–H and O–H groups in total. The van der Waals surface area contributed by atoms with Crippen molar-refractivity contribution in [2.24, 2.45) is 5.92 Å². The van der Waals surface area contributed by atoms with Crippen LogP contribution in [0.2, 0.25) is 0 Å². The summed E-state index contributed by atoms with van der Waals surface area (Å²) in [7, 11) is 0. The second-order valence-corrected chi connectivity index (χ2v) is 6.29. The Bertz CT molecular complexity index is 775. The molecule has 0 bridgehead atoms. The highest BCUT2D eigenvalue weighted by Gasteiger charge is 2.29. The molecule has 0 aliphatic carbocycles. The Morgan fingerprint density at radius 3 is 2.88 bits per heavy atom. The zero-order valence-electron chi connectivity index (χ0n) is 14.1. The lowest BCUT2D eigenvalue weighted by atomic mass is 10.0. The third kappa shape index (κ3) is 3.69. The van der Waals surface area contributed by atoms with Crippen molar-refractivity contribution in [2.45, 2.75) is 32.5 Å². The number of benzene rings is 1. The lowest BCUT2D eigenvalue weighted by molar-refractivity contribution is -0.384. The van der Waals surface area contributed by atoms with E-state index in [4.69, 9.17) is 4.74 Å². The number of carbonyl (C=O) groups excluding carboxylic acids is 1. The van der Waals surface area contributed by atoms with Crippen molar-refractivity contribution < 1.29 is 14.5 Å². The Kier molecular flexibility index (Phi) is 4.80. The van der Waals surface area contributed by atoms with Gasteiger partial charge in [0.1, 0.15) is 5.69 Å². The van der Waals surface area contributed by atoms with Crippen LogP contribution in [0, 0.1) is 16.0 Å². The molecule has 8 nitrogen and oxygen atoms in total. The predicted molar refractivity (Wildman–Crippen MR) is 90.7 cm³/mol. The van der Waals surface area contributed by atoms with E-state index >= 15 is 0 Å². The van der Waals surface area contributed by atoms with E-state index in [0.717, 1.165) is 6.42 Å². The molecule has 0 spiro atoms. The number of nitrogens with one attached hydrogen (secondary N) is 1. The molecule has 132 valence electrons. The normalized spacial score (nSPS) is 22.7. The summed E-state index contributed by atoms with van der Waals surface area (Å²) in [5, 5.41) is 14.1. The van der Waals surface area contributed by atoms with Crippen molar-refractivity contribution in [3.8, 4) is 5.69 Å². The van der Waals surface area contributed by atoms with E-state index in [-0.39, 0.29) is 29.7 Å². The maximum atomic E-state index is 12.4. The first-order valence-electron chi connectivity index (χ1n) is 8.16. The average molecular weight is 344 g/mol. The fourth-order valence-corrected chi connectivity index (χ4v) is 3.15. The second kappa shape index (κ2) is 7.02. The largest absolute Gasteiger partial charge is 0.375 e. The molecule has 1 saturated heterocycles. The van der Waals surface area contributed by atoms with E-state index in [1.165, 1.54) is 35.3 Å². The molecule has 1 amide bonds. The number of ether oxygens (including phenoxy) is 1. The molecule has 0 saturated carbocycles. The molecular weight excluding hydrogens is 324 g/mol. The predicted octanol–water partition coefficient (Wildman–Crippen LogP) is 2.32. The topological polar surface area (TPSA) is 99.3 Å². The summed E-state index contributed by atoms with van der Waals surface area (Å²) in [5.41, 5.74) is 0.594. The summed E-state index contributed by atoms with van der Waals surface area (Å²) in [6.45, 7) is 4.54. The van der Waals surface area contributed by atoms with E-state index in [1.54, 1.807) is 6.20 Å². The van der Waals surface area contributed by atoms with Gasteiger partial charge in [-0.15, -0.1) is 0 Å². The van der Waals surface area contributed by atoms with E-state index < -0.39 is 4.92 Å². The van der Waals surface area contributed by atoms with Crippen LogP contribution in [0.5, 0.6) is 0 Å². The molecule has 1 aromatic heterocycles. The smallest absolute Gasteiger partial charge is 0.293 e. The van der Waals surface area contributed by atoms with E-state index in [1.807, 2.05) is 13.8 Å². The molecule has 3 rings (SSSR count). The van der Waals surface area contributed by atoms with Crippen molar-refractivity contribution in [1.29, 1.82) is 0 Å². The number of amides is 1. The maximum Gasteiger partial charge on any atom is 0.293 e. The Labute approximate surface area is 145 Å². The van der Waals surface area contributed by atoms with Gasteiger partial charge in [0.2, 0.25) is 0 Å². The van der Waals surface area contributed by atoms with Crippen molar-refractivity contribution in [3.63, 3.8) is 0 Å². The van der Waals surface area contributed by atoms with Crippen LogP contribution in [0.4, 0.5) is 5.69 Å². The molecule has 1 aliphatic heterocycles. The van der Waals surface area contributed by atoms with Crippen LogP contribution < -0.4 is 5.32 Å².